The van der Waals surface area contributed by atoms with E-state index in [9.17, 15) is 0 Å². The summed E-state index contributed by atoms with van der Waals surface area (Å²) in [6, 6.07) is 3.37. The summed E-state index contributed by atoms with van der Waals surface area (Å²) in [6.07, 6.45) is 1.29. The zero-order chi connectivity index (χ0) is 9.84. The summed E-state index contributed by atoms with van der Waals surface area (Å²) in [5.41, 5.74) is 0.810. The quantitative estimate of drug-likeness (QED) is 0.800. The molecular weight excluding hydrogens is 230 g/mol. The largest absolute Gasteiger partial charge is 0.396 e. The fourth-order valence-corrected chi connectivity index (χ4v) is 1.79. The lowest BCUT2D eigenvalue weighted by molar-refractivity contribution is 0.288. The molecule has 0 bridgehead atoms. The Morgan fingerprint density at radius 2 is 1.69 bits per heavy atom. The van der Waals surface area contributed by atoms with Gasteiger partial charge >= 0.3 is 0 Å². The molecule has 0 aliphatic carbocycles. The van der Waals surface area contributed by atoms with Gasteiger partial charge in [-0.2, -0.15) is 0 Å². The first-order valence-corrected chi connectivity index (χ1v) is 5.03. The second-order valence-corrected chi connectivity index (χ2v) is 3.84. The van der Waals surface area contributed by atoms with Crippen molar-refractivity contribution in [3.63, 3.8) is 0 Å². The van der Waals surface area contributed by atoms with Gasteiger partial charge in [0.2, 0.25) is 0 Å². The molecule has 0 spiro atoms. The van der Waals surface area contributed by atoms with Crippen LogP contribution < -0.4 is 0 Å². The van der Waals surface area contributed by atoms with E-state index >= 15 is 0 Å². The predicted octanol–water partition coefficient (Wildman–Crippen LogP) is 3.57. The molecule has 0 atom stereocenters. The molecule has 4 heteroatoms. The fourth-order valence-electron chi connectivity index (χ4n) is 1.05. The highest BCUT2D eigenvalue weighted by Crippen LogP contribution is 2.32. The molecule has 0 fully saturated rings. The Morgan fingerprint density at radius 3 is 2.31 bits per heavy atom. The SMILES string of the molecule is OCCCc1c(Cl)ccc(Cl)c1Cl. The average Bonchev–Trinajstić information content (AvgIpc) is 2.12. The third-order valence-electron chi connectivity index (χ3n) is 1.72. The van der Waals surface area contributed by atoms with Gasteiger partial charge in [-0.15, -0.1) is 0 Å². The number of aliphatic hydroxyl groups excluding tert-OH is 1. The van der Waals surface area contributed by atoms with Crippen LogP contribution in [0.3, 0.4) is 0 Å². The van der Waals surface area contributed by atoms with Crippen molar-refractivity contribution in [3.8, 4) is 0 Å². The molecule has 0 radical (unpaired) electrons. The minimum absolute atomic E-state index is 0.124. The number of hydrogen-bond donors (Lipinski definition) is 1. The van der Waals surface area contributed by atoms with Crippen molar-refractivity contribution in [2.75, 3.05) is 6.61 Å². The Morgan fingerprint density at radius 1 is 1.08 bits per heavy atom. The lowest BCUT2D eigenvalue weighted by Gasteiger charge is -2.06. The third-order valence-corrected chi connectivity index (χ3v) is 2.92. The van der Waals surface area contributed by atoms with Crippen molar-refractivity contribution in [2.24, 2.45) is 0 Å². The predicted molar refractivity (Wildman–Crippen MR) is 56.9 cm³/mol. The summed E-state index contributed by atoms with van der Waals surface area (Å²) in [5.74, 6) is 0. The number of benzene rings is 1. The van der Waals surface area contributed by atoms with Crippen molar-refractivity contribution in [1.82, 2.24) is 0 Å². The lowest BCUT2D eigenvalue weighted by atomic mass is 10.1. The van der Waals surface area contributed by atoms with Crippen LogP contribution in [0, 0.1) is 0 Å². The van der Waals surface area contributed by atoms with E-state index in [-0.39, 0.29) is 6.61 Å². The van der Waals surface area contributed by atoms with E-state index in [1.807, 2.05) is 0 Å². The van der Waals surface area contributed by atoms with Crippen LogP contribution in [0.4, 0.5) is 0 Å². The second kappa shape index (κ2) is 5.06. The molecule has 0 aliphatic heterocycles. The number of aliphatic hydroxyl groups is 1. The minimum atomic E-state index is 0.124. The third kappa shape index (κ3) is 2.75. The Labute approximate surface area is 92.2 Å². The summed E-state index contributed by atoms with van der Waals surface area (Å²) < 4.78 is 0. The summed E-state index contributed by atoms with van der Waals surface area (Å²) in [4.78, 5) is 0. The van der Waals surface area contributed by atoms with Crippen molar-refractivity contribution < 1.29 is 5.11 Å². The maximum atomic E-state index is 8.66. The van der Waals surface area contributed by atoms with Gasteiger partial charge in [0.25, 0.3) is 0 Å². The van der Waals surface area contributed by atoms with Gasteiger partial charge in [0.15, 0.2) is 0 Å². The lowest BCUT2D eigenvalue weighted by Crippen LogP contribution is -1.92. The van der Waals surface area contributed by atoms with Gasteiger partial charge in [0.1, 0.15) is 0 Å². The highest BCUT2D eigenvalue weighted by Gasteiger charge is 2.08. The van der Waals surface area contributed by atoms with Crippen LogP contribution in [-0.4, -0.2) is 11.7 Å². The Kier molecular flexibility index (Phi) is 4.33. The standard InChI is InChI=1S/C9H9Cl3O/c10-7-3-4-8(11)9(12)6(7)2-1-5-13/h3-4,13H,1-2,5H2. The molecule has 0 saturated carbocycles. The average molecular weight is 240 g/mol. The molecule has 0 aliphatic rings. The van der Waals surface area contributed by atoms with Crippen LogP contribution >= 0.6 is 34.8 Å². The van der Waals surface area contributed by atoms with Crippen LogP contribution in [0.15, 0.2) is 12.1 Å². The van der Waals surface area contributed by atoms with Gasteiger partial charge in [0, 0.05) is 11.6 Å². The normalized spacial score (nSPS) is 10.5. The van der Waals surface area contributed by atoms with Crippen LogP contribution in [-0.2, 0) is 6.42 Å². The van der Waals surface area contributed by atoms with Crippen molar-refractivity contribution in [1.29, 1.82) is 0 Å². The summed E-state index contributed by atoms with van der Waals surface area (Å²) >= 11 is 17.7. The summed E-state index contributed by atoms with van der Waals surface area (Å²) in [6.45, 7) is 0.124. The summed E-state index contributed by atoms with van der Waals surface area (Å²) in [5, 5.41) is 10.2. The summed E-state index contributed by atoms with van der Waals surface area (Å²) in [7, 11) is 0. The van der Waals surface area contributed by atoms with Gasteiger partial charge in [-0.05, 0) is 30.5 Å². The maximum absolute atomic E-state index is 8.66. The van der Waals surface area contributed by atoms with Crippen LogP contribution in [0.2, 0.25) is 15.1 Å². The molecule has 1 nitrogen and oxygen atoms in total. The monoisotopic (exact) mass is 238 g/mol. The van der Waals surface area contributed by atoms with E-state index in [2.05, 4.69) is 0 Å². The van der Waals surface area contributed by atoms with E-state index in [1.165, 1.54) is 0 Å². The Balaban J connectivity index is 2.96. The molecule has 0 heterocycles. The molecule has 72 valence electrons. The highest BCUT2D eigenvalue weighted by molar-refractivity contribution is 6.44. The second-order valence-electron chi connectivity index (χ2n) is 2.65. The zero-order valence-electron chi connectivity index (χ0n) is 6.86. The Bertz CT molecular complexity index is 299. The maximum Gasteiger partial charge on any atom is 0.0639 e. The van der Waals surface area contributed by atoms with Crippen LogP contribution in [0.25, 0.3) is 0 Å². The molecule has 1 N–H and O–H groups in total. The smallest absolute Gasteiger partial charge is 0.0639 e. The molecule has 0 unspecified atom stereocenters. The van der Waals surface area contributed by atoms with Crippen LogP contribution in [0.1, 0.15) is 12.0 Å². The first-order valence-electron chi connectivity index (χ1n) is 3.90. The molecule has 0 aromatic heterocycles. The van der Waals surface area contributed by atoms with Crippen molar-refractivity contribution in [2.45, 2.75) is 12.8 Å². The van der Waals surface area contributed by atoms with Crippen molar-refractivity contribution in [3.05, 3.63) is 32.8 Å². The van der Waals surface area contributed by atoms with Gasteiger partial charge in [-0.3, -0.25) is 0 Å². The zero-order valence-corrected chi connectivity index (χ0v) is 9.12. The topological polar surface area (TPSA) is 20.2 Å². The minimum Gasteiger partial charge on any atom is -0.396 e. The van der Waals surface area contributed by atoms with E-state index in [4.69, 9.17) is 39.9 Å². The molecule has 1 aromatic rings. The van der Waals surface area contributed by atoms with E-state index < -0.39 is 0 Å². The molecule has 0 saturated heterocycles. The Hall–Kier alpha value is 0.0500. The first kappa shape index (κ1) is 11.1. The van der Waals surface area contributed by atoms with Crippen molar-refractivity contribution >= 4 is 34.8 Å². The molecule has 13 heavy (non-hydrogen) atoms. The molecule has 0 amide bonds. The van der Waals surface area contributed by atoms with Gasteiger partial charge in [-0.1, -0.05) is 34.8 Å². The molecule has 1 rings (SSSR count). The van der Waals surface area contributed by atoms with E-state index in [1.54, 1.807) is 12.1 Å². The van der Waals surface area contributed by atoms with E-state index in [0.29, 0.717) is 27.9 Å². The first-order chi connectivity index (χ1) is 6.16. The molecular formula is C9H9Cl3O. The van der Waals surface area contributed by atoms with Crippen LogP contribution in [0.5, 0.6) is 0 Å². The van der Waals surface area contributed by atoms with E-state index in [0.717, 1.165) is 5.56 Å². The molecule has 1 aromatic carbocycles. The fraction of sp³-hybridized carbons (Fsp3) is 0.333. The number of hydrogen-bond acceptors (Lipinski definition) is 1. The van der Waals surface area contributed by atoms with Gasteiger partial charge in [-0.25, -0.2) is 0 Å². The number of rotatable bonds is 3. The van der Waals surface area contributed by atoms with Gasteiger partial charge in [0.05, 0.1) is 10.0 Å². The number of halogens is 3. The highest BCUT2D eigenvalue weighted by atomic mass is 35.5. The van der Waals surface area contributed by atoms with Gasteiger partial charge < -0.3 is 5.11 Å².